The quantitative estimate of drug-likeness (QED) is 0.689. The molecule has 2 N–H and O–H groups in total. The van der Waals surface area contributed by atoms with Gasteiger partial charge in [0, 0.05) is 13.0 Å². The minimum Gasteiger partial charge on any atom is -0.459 e. The molecule has 2 aromatic heterocycles. The number of hydrogen-bond donors (Lipinski definition) is 2. The van der Waals surface area contributed by atoms with Gasteiger partial charge in [0.15, 0.2) is 11.3 Å². The third-order valence-corrected chi connectivity index (χ3v) is 3.42. The largest absolute Gasteiger partial charge is 0.459 e. The Morgan fingerprint density at radius 1 is 1.08 bits per heavy atom. The Hall–Kier alpha value is -3.29. The van der Waals surface area contributed by atoms with Crippen LogP contribution in [0.1, 0.15) is 23.4 Å². The number of aryl methyl sites for hydroxylation is 1. The van der Waals surface area contributed by atoms with Gasteiger partial charge in [-0.25, -0.2) is 4.79 Å². The summed E-state index contributed by atoms with van der Waals surface area (Å²) in [5.41, 5.74) is 5.74. The van der Waals surface area contributed by atoms with E-state index >= 15 is 0 Å². The van der Waals surface area contributed by atoms with Gasteiger partial charge in [0.05, 0.1) is 11.8 Å². The topological polar surface area (TPSA) is 106 Å². The summed E-state index contributed by atoms with van der Waals surface area (Å²) >= 11 is 0. The highest BCUT2D eigenvalue weighted by molar-refractivity contribution is 5.92. The molecule has 0 aliphatic heterocycles. The normalized spacial score (nSPS) is 10.7. The Morgan fingerprint density at radius 2 is 1.92 bits per heavy atom. The van der Waals surface area contributed by atoms with Gasteiger partial charge in [-0.2, -0.15) is 0 Å². The van der Waals surface area contributed by atoms with Crippen LogP contribution in [0, 0.1) is 0 Å². The molecule has 0 bridgehead atoms. The van der Waals surface area contributed by atoms with Crippen LogP contribution in [0.3, 0.4) is 0 Å². The van der Waals surface area contributed by atoms with Crippen molar-refractivity contribution in [3.05, 3.63) is 59.0 Å². The number of rotatable bonds is 5. The Balaban J connectivity index is 1.49. The van der Waals surface area contributed by atoms with Crippen molar-refractivity contribution in [3.8, 4) is 0 Å². The molecule has 124 valence electrons. The molecule has 0 aliphatic carbocycles. The molecule has 0 aliphatic rings. The van der Waals surface area contributed by atoms with Crippen LogP contribution >= 0.6 is 0 Å². The third-order valence-electron chi connectivity index (χ3n) is 3.42. The maximum atomic E-state index is 11.8. The number of hydrazine groups is 1. The van der Waals surface area contributed by atoms with Gasteiger partial charge < -0.3 is 8.83 Å². The van der Waals surface area contributed by atoms with E-state index in [-0.39, 0.29) is 18.1 Å². The van der Waals surface area contributed by atoms with Crippen LogP contribution in [-0.2, 0) is 11.3 Å². The van der Waals surface area contributed by atoms with Crippen LogP contribution in [0.5, 0.6) is 0 Å². The molecule has 3 rings (SSSR count). The zero-order valence-electron chi connectivity index (χ0n) is 12.7. The van der Waals surface area contributed by atoms with Gasteiger partial charge in [-0.1, -0.05) is 12.1 Å². The molecule has 8 heteroatoms. The summed E-state index contributed by atoms with van der Waals surface area (Å²) in [5, 5.41) is 0. The van der Waals surface area contributed by atoms with Crippen molar-refractivity contribution in [2.75, 3.05) is 0 Å². The Labute approximate surface area is 136 Å². The van der Waals surface area contributed by atoms with E-state index in [9.17, 15) is 14.4 Å². The average Bonchev–Trinajstić information content (AvgIpc) is 3.21. The lowest BCUT2D eigenvalue weighted by molar-refractivity contribution is -0.122. The number of fused-ring (bicyclic) bond motifs is 1. The molecular weight excluding hydrogens is 314 g/mol. The smallest absolute Gasteiger partial charge is 0.419 e. The van der Waals surface area contributed by atoms with E-state index in [2.05, 4.69) is 10.9 Å². The average molecular weight is 329 g/mol. The molecule has 0 saturated heterocycles. The predicted molar refractivity (Wildman–Crippen MR) is 84.0 cm³/mol. The summed E-state index contributed by atoms with van der Waals surface area (Å²) in [5.74, 6) is -1.25. The van der Waals surface area contributed by atoms with Crippen molar-refractivity contribution in [1.82, 2.24) is 15.4 Å². The number of nitrogens with zero attached hydrogens (tertiary/aromatic N) is 1. The molecule has 0 fully saturated rings. The SMILES string of the molecule is O=C(CCCn1c(=O)oc2ccccc21)NNC(=O)c1ccco1. The summed E-state index contributed by atoms with van der Waals surface area (Å²) in [6.07, 6.45) is 1.93. The van der Waals surface area contributed by atoms with Gasteiger partial charge in [-0.15, -0.1) is 0 Å². The first kappa shape index (κ1) is 15.6. The maximum absolute atomic E-state index is 11.8. The van der Waals surface area contributed by atoms with E-state index in [0.717, 1.165) is 0 Å². The van der Waals surface area contributed by atoms with Gasteiger partial charge >= 0.3 is 11.7 Å². The fourth-order valence-electron chi connectivity index (χ4n) is 2.28. The summed E-state index contributed by atoms with van der Waals surface area (Å²) < 4.78 is 11.5. The number of para-hydroxylation sites is 2. The summed E-state index contributed by atoms with van der Waals surface area (Å²) in [6.45, 7) is 0.343. The van der Waals surface area contributed by atoms with Crippen LogP contribution in [0.15, 0.2) is 56.3 Å². The molecule has 0 saturated carbocycles. The minimum absolute atomic E-state index is 0.103. The molecule has 2 amide bonds. The van der Waals surface area contributed by atoms with E-state index in [4.69, 9.17) is 8.83 Å². The second-order valence-electron chi connectivity index (χ2n) is 5.07. The van der Waals surface area contributed by atoms with Gasteiger partial charge in [0.2, 0.25) is 5.91 Å². The highest BCUT2D eigenvalue weighted by Crippen LogP contribution is 2.12. The third kappa shape index (κ3) is 3.37. The van der Waals surface area contributed by atoms with Crippen molar-refractivity contribution in [2.45, 2.75) is 19.4 Å². The van der Waals surface area contributed by atoms with Crippen LogP contribution in [-0.4, -0.2) is 16.4 Å². The van der Waals surface area contributed by atoms with E-state index in [1.165, 1.54) is 16.9 Å². The fraction of sp³-hybridized carbons (Fsp3) is 0.188. The van der Waals surface area contributed by atoms with Crippen molar-refractivity contribution in [3.63, 3.8) is 0 Å². The van der Waals surface area contributed by atoms with E-state index in [1.54, 1.807) is 24.3 Å². The summed E-state index contributed by atoms with van der Waals surface area (Å²) in [7, 11) is 0. The Bertz CT molecular complexity index is 907. The first-order chi connectivity index (χ1) is 11.6. The van der Waals surface area contributed by atoms with Gasteiger partial charge in [-0.3, -0.25) is 25.0 Å². The second kappa shape index (κ2) is 6.86. The van der Waals surface area contributed by atoms with Crippen molar-refractivity contribution in [1.29, 1.82) is 0 Å². The first-order valence-electron chi connectivity index (χ1n) is 7.36. The van der Waals surface area contributed by atoms with Gasteiger partial charge in [0.25, 0.3) is 0 Å². The molecule has 24 heavy (non-hydrogen) atoms. The maximum Gasteiger partial charge on any atom is 0.419 e. The highest BCUT2D eigenvalue weighted by Gasteiger charge is 2.11. The van der Waals surface area contributed by atoms with Crippen molar-refractivity contribution >= 4 is 22.9 Å². The first-order valence-corrected chi connectivity index (χ1v) is 7.36. The molecule has 1 aromatic carbocycles. The number of carbonyl (C=O) groups excluding carboxylic acids is 2. The zero-order valence-corrected chi connectivity index (χ0v) is 12.7. The number of oxazole rings is 1. The predicted octanol–water partition coefficient (Wildman–Crippen LogP) is 1.43. The number of aromatic nitrogens is 1. The number of furan rings is 1. The number of benzene rings is 1. The lowest BCUT2D eigenvalue weighted by atomic mass is 10.3. The number of amides is 2. The lowest BCUT2D eigenvalue weighted by Gasteiger charge is -2.06. The highest BCUT2D eigenvalue weighted by atomic mass is 16.4. The standard InChI is InChI=1S/C16H15N3O5/c20-14(17-18-15(21)13-7-4-10-23-13)8-3-9-19-11-5-1-2-6-12(11)24-16(19)22/h1-2,4-7,10H,3,8-9H2,(H,17,20)(H,18,21). The lowest BCUT2D eigenvalue weighted by Crippen LogP contribution is -2.41. The zero-order chi connectivity index (χ0) is 16.9. The van der Waals surface area contributed by atoms with Crippen LogP contribution < -0.4 is 16.6 Å². The van der Waals surface area contributed by atoms with Gasteiger partial charge in [-0.05, 0) is 30.7 Å². The number of hydrogen-bond acceptors (Lipinski definition) is 5. The molecule has 0 unspecified atom stereocenters. The Morgan fingerprint density at radius 3 is 2.71 bits per heavy atom. The molecule has 0 atom stereocenters. The van der Waals surface area contributed by atoms with Crippen LogP contribution in [0.2, 0.25) is 0 Å². The second-order valence-corrected chi connectivity index (χ2v) is 5.07. The molecule has 0 radical (unpaired) electrons. The van der Waals surface area contributed by atoms with Crippen molar-refractivity contribution < 1.29 is 18.4 Å². The van der Waals surface area contributed by atoms with E-state index in [1.807, 2.05) is 6.07 Å². The van der Waals surface area contributed by atoms with Crippen molar-refractivity contribution in [2.24, 2.45) is 0 Å². The molecular formula is C16H15N3O5. The summed E-state index contributed by atoms with van der Waals surface area (Å²) in [6, 6.07) is 10.1. The van der Waals surface area contributed by atoms with Crippen LogP contribution in [0.25, 0.3) is 11.1 Å². The summed E-state index contributed by atoms with van der Waals surface area (Å²) in [4.78, 5) is 35.1. The number of nitrogens with one attached hydrogen (secondary N) is 2. The minimum atomic E-state index is -0.537. The van der Waals surface area contributed by atoms with E-state index < -0.39 is 11.7 Å². The monoisotopic (exact) mass is 329 g/mol. The molecule has 0 spiro atoms. The van der Waals surface area contributed by atoms with Crippen LogP contribution in [0.4, 0.5) is 0 Å². The molecule has 3 aromatic rings. The van der Waals surface area contributed by atoms with Gasteiger partial charge in [0.1, 0.15) is 0 Å². The molecule has 2 heterocycles. The number of carbonyl (C=O) groups is 2. The fourth-order valence-corrected chi connectivity index (χ4v) is 2.28. The Kier molecular flexibility index (Phi) is 4.46. The van der Waals surface area contributed by atoms with E-state index in [0.29, 0.717) is 24.1 Å². The molecule has 8 nitrogen and oxygen atoms in total.